The number of carboxylic acids is 1. The lowest BCUT2D eigenvalue weighted by Crippen LogP contribution is -2.40. The van der Waals surface area contributed by atoms with E-state index in [2.05, 4.69) is 4.98 Å². The van der Waals surface area contributed by atoms with Gasteiger partial charge in [0.05, 0.1) is 34.9 Å². The minimum absolute atomic E-state index is 0.0148. The number of pyridine rings is 1. The van der Waals surface area contributed by atoms with Crippen LogP contribution >= 0.6 is 11.6 Å². The number of halogens is 1. The third kappa shape index (κ3) is 3.84. The van der Waals surface area contributed by atoms with Crippen LogP contribution in [0.1, 0.15) is 10.4 Å². The van der Waals surface area contributed by atoms with E-state index in [1.54, 1.807) is 24.3 Å². The van der Waals surface area contributed by atoms with Crippen LogP contribution in [0.2, 0.25) is 5.02 Å². The average molecular weight is 433 g/mol. The minimum Gasteiger partial charge on any atom is -0.478 e. The molecule has 2 heterocycles. The third-order valence-electron chi connectivity index (χ3n) is 4.76. The van der Waals surface area contributed by atoms with E-state index in [-0.39, 0.29) is 28.9 Å². The Labute approximate surface area is 172 Å². The molecule has 1 aromatic heterocycles. The van der Waals surface area contributed by atoms with Gasteiger partial charge in [0.2, 0.25) is 10.0 Å². The highest BCUT2D eigenvalue weighted by atomic mass is 35.5. The van der Waals surface area contributed by atoms with Gasteiger partial charge in [0.1, 0.15) is 0 Å². The molecule has 4 rings (SSSR count). The fourth-order valence-corrected chi connectivity index (χ4v) is 4.81. The molecule has 3 aromatic rings. The van der Waals surface area contributed by atoms with E-state index in [0.29, 0.717) is 35.0 Å². The van der Waals surface area contributed by atoms with Crippen molar-refractivity contribution in [2.24, 2.45) is 0 Å². The van der Waals surface area contributed by atoms with Crippen molar-refractivity contribution in [3.63, 3.8) is 0 Å². The first-order chi connectivity index (χ1) is 13.9. The van der Waals surface area contributed by atoms with Crippen molar-refractivity contribution < 1.29 is 23.1 Å². The molecule has 2 aromatic carbocycles. The van der Waals surface area contributed by atoms with Crippen molar-refractivity contribution in [1.82, 2.24) is 9.29 Å². The third-order valence-corrected chi connectivity index (χ3v) is 6.90. The highest BCUT2D eigenvalue weighted by Crippen LogP contribution is 2.29. The number of aromatic nitrogens is 1. The van der Waals surface area contributed by atoms with Crippen LogP contribution < -0.4 is 0 Å². The second kappa shape index (κ2) is 7.72. The van der Waals surface area contributed by atoms with E-state index in [1.807, 2.05) is 0 Å². The molecular formula is C20H17ClN2O5S. The monoisotopic (exact) mass is 432 g/mol. The lowest BCUT2D eigenvalue weighted by molar-refractivity contribution is 0.0699. The number of rotatable bonds is 4. The molecule has 0 aliphatic carbocycles. The van der Waals surface area contributed by atoms with Crippen LogP contribution in [-0.4, -0.2) is 55.1 Å². The van der Waals surface area contributed by atoms with Gasteiger partial charge >= 0.3 is 5.97 Å². The van der Waals surface area contributed by atoms with E-state index in [0.717, 1.165) is 0 Å². The zero-order valence-corrected chi connectivity index (χ0v) is 16.8. The number of carbonyl (C=O) groups is 1. The highest BCUT2D eigenvalue weighted by molar-refractivity contribution is 7.89. The summed E-state index contributed by atoms with van der Waals surface area (Å²) in [6.07, 6.45) is 0. The molecule has 0 spiro atoms. The molecular weight excluding hydrogens is 416 g/mol. The number of fused-ring (bicyclic) bond motifs is 1. The second-order valence-corrected chi connectivity index (χ2v) is 8.94. The fourth-order valence-electron chi connectivity index (χ4n) is 3.25. The number of carboxylic acid groups (broad SMARTS) is 1. The van der Waals surface area contributed by atoms with Gasteiger partial charge in [0.15, 0.2) is 0 Å². The number of hydrogen-bond donors (Lipinski definition) is 1. The maximum Gasteiger partial charge on any atom is 0.336 e. The van der Waals surface area contributed by atoms with Crippen LogP contribution in [0.4, 0.5) is 0 Å². The minimum atomic E-state index is -3.75. The molecule has 1 N–H and O–H groups in total. The standard InChI is InChI=1S/C20H17ClN2O5S/c21-14-3-1-13(2-4-14)19-12-17(20(24)25)16-11-15(5-6-18(16)22-19)29(26,27)23-7-9-28-10-8-23/h1-6,11-12H,7-10H2,(H,24,25). The van der Waals surface area contributed by atoms with Crippen LogP contribution in [0.3, 0.4) is 0 Å². The molecule has 1 aliphatic heterocycles. The molecule has 0 atom stereocenters. The summed E-state index contributed by atoms with van der Waals surface area (Å²) in [4.78, 5) is 16.4. The lowest BCUT2D eigenvalue weighted by Gasteiger charge is -2.26. The molecule has 0 radical (unpaired) electrons. The quantitative estimate of drug-likeness (QED) is 0.679. The van der Waals surface area contributed by atoms with Gasteiger partial charge in [-0.1, -0.05) is 23.7 Å². The Morgan fingerprint density at radius 3 is 2.41 bits per heavy atom. The molecule has 9 heteroatoms. The molecule has 1 aliphatic rings. The van der Waals surface area contributed by atoms with E-state index in [9.17, 15) is 18.3 Å². The Morgan fingerprint density at radius 1 is 1.07 bits per heavy atom. The van der Waals surface area contributed by atoms with Gasteiger partial charge in [-0.25, -0.2) is 18.2 Å². The molecule has 0 saturated carbocycles. The van der Waals surface area contributed by atoms with Crippen molar-refractivity contribution in [3.05, 3.63) is 59.1 Å². The molecule has 0 unspecified atom stereocenters. The Balaban J connectivity index is 1.84. The SMILES string of the molecule is O=C(O)c1cc(-c2ccc(Cl)cc2)nc2ccc(S(=O)(=O)N3CCOCC3)cc12. The van der Waals surface area contributed by atoms with Gasteiger partial charge in [-0.2, -0.15) is 4.31 Å². The lowest BCUT2D eigenvalue weighted by atomic mass is 10.0. The largest absolute Gasteiger partial charge is 0.478 e. The fraction of sp³-hybridized carbons (Fsp3) is 0.200. The summed E-state index contributed by atoms with van der Waals surface area (Å²) >= 11 is 5.92. The van der Waals surface area contributed by atoms with E-state index < -0.39 is 16.0 Å². The van der Waals surface area contributed by atoms with Gasteiger partial charge in [-0.05, 0) is 36.4 Å². The summed E-state index contributed by atoms with van der Waals surface area (Å²) in [5.74, 6) is -1.16. The van der Waals surface area contributed by atoms with Gasteiger partial charge < -0.3 is 9.84 Å². The van der Waals surface area contributed by atoms with Crippen LogP contribution in [0.5, 0.6) is 0 Å². The maximum absolute atomic E-state index is 12.9. The maximum atomic E-state index is 12.9. The smallest absolute Gasteiger partial charge is 0.336 e. The highest BCUT2D eigenvalue weighted by Gasteiger charge is 2.27. The summed E-state index contributed by atoms with van der Waals surface area (Å²) in [5, 5.41) is 10.5. The van der Waals surface area contributed by atoms with E-state index >= 15 is 0 Å². The summed E-state index contributed by atoms with van der Waals surface area (Å²) in [6.45, 7) is 1.19. The summed E-state index contributed by atoms with van der Waals surface area (Å²) < 4.78 is 32.4. The van der Waals surface area contributed by atoms with Crippen molar-refractivity contribution in [2.45, 2.75) is 4.90 Å². The second-order valence-electron chi connectivity index (χ2n) is 6.56. The number of morpholine rings is 1. The number of hydrogen-bond acceptors (Lipinski definition) is 5. The molecule has 29 heavy (non-hydrogen) atoms. The van der Waals surface area contributed by atoms with Gasteiger partial charge in [-0.15, -0.1) is 0 Å². The van der Waals surface area contributed by atoms with Crippen LogP contribution in [-0.2, 0) is 14.8 Å². The number of sulfonamides is 1. The first-order valence-corrected chi connectivity index (χ1v) is 10.7. The van der Waals surface area contributed by atoms with Crippen molar-refractivity contribution in [3.8, 4) is 11.3 Å². The normalized spacial score (nSPS) is 15.5. The van der Waals surface area contributed by atoms with Crippen LogP contribution in [0, 0.1) is 0 Å². The first-order valence-electron chi connectivity index (χ1n) is 8.88. The van der Waals surface area contributed by atoms with Crippen molar-refractivity contribution in [1.29, 1.82) is 0 Å². The van der Waals surface area contributed by atoms with Crippen LogP contribution in [0.15, 0.2) is 53.4 Å². The topological polar surface area (TPSA) is 96.8 Å². The molecule has 7 nitrogen and oxygen atoms in total. The molecule has 1 fully saturated rings. The molecule has 0 amide bonds. The zero-order chi connectivity index (χ0) is 20.6. The van der Waals surface area contributed by atoms with Gasteiger partial charge in [-0.3, -0.25) is 0 Å². The number of aromatic carboxylic acids is 1. The summed E-state index contributed by atoms with van der Waals surface area (Å²) in [6, 6.07) is 12.7. The predicted molar refractivity (Wildman–Crippen MR) is 109 cm³/mol. The summed E-state index contributed by atoms with van der Waals surface area (Å²) in [7, 11) is -3.75. The summed E-state index contributed by atoms with van der Waals surface area (Å²) in [5.41, 5.74) is 1.56. The molecule has 0 bridgehead atoms. The van der Waals surface area contributed by atoms with Crippen LogP contribution in [0.25, 0.3) is 22.2 Å². The van der Waals surface area contributed by atoms with Crippen molar-refractivity contribution >= 4 is 38.5 Å². The van der Waals surface area contributed by atoms with Crippen molar-refractivity contribution in [2.75, 3.05) is 26.3 Å². The van der Waals surface area contributed by atoms with E-state index in [4.69, 9.17) is 16.3 Å². The number of benzene rings is 2. The predicted octanol–water partition coefficient (Wildman–Crippen LogP) is 3.27. The van der Waals surface area contributed by atoms with Gasteiger partial charge in [0, 0.05) is 29.1 Å². The van der Waals surface area contributed by atoms with Gasteiger partial charge in [0.25, 0.3) is 0 Å². The Kier molecular flexibility index (Phi) is 5.26. The number of nitrogens with zero attached hydrogens (tertiary/aromatic N) is 2. The first kappa shape index (κ1) is 19.8. The Bertz CT molecular complexity index is 1190. The number of ether oxygens (including phenoxy) is 1. The molecule has 150 valence electrons. The van der Waals surface area contributed by atoms with E-state index in [1.165, 1.54) is 28.6 Å². The average Bonchev–Trinajstić information content (AvgIpc) is 2.73. The zero-order valence-electron chi connectivity index (χ0n) is 15.2. The Morgan fingerprint density at radius 2 is 1.76 bits per heavy atom. The molecule has 1 saturated heterocycles. The Hall–Kier alpha value is -2.52.